The average molecular weight is 353 g/mol. The van der Waals surface area contributed by atoms with Crippen molar-refractivity contribution in [2.24, 2.45) is 0 Å². The summed E-state index contributed by atoms with van der Waals surface area (Å²) in [6.45, 7) is 0.705. The van der Waals surface area contributed by atoms with Crippen LogP contribution in [0.25, 0.3) is 0 Å². The smallest absolute Gasteiger partial charge is 0.171 e. The van der Waals surface area contributed by atoms with Crippen molar-refractivity contribution in [2.75, 3.05) is 34.9 Å². The average Bonchev–Trinajstić information content (AvgIpc) is 2.34. The van der Waals surface area contributed by atoms with Gasteiger partial charge in [-0.2, -0.15) is 0 Å². The molecule has 0 N–H and O–H groups in total. The number of nitrogens with zero attached hydrogens (tertiary/aromatic N) is 1. The maximum atomic E-state index is 12.2. The van der Waals surface area contributed by atoms with Gasteiger partial charge in [0, 0.05) is 17.4 Å². The zero-order valence-electron chi connectivity index (χ0n) is 11.5. The molecule has 0 aliphatic carbocycles. The van der Waals surface area contributed by atoms with E-state index in [1.165, 1.54) is 7.11 Å². The highest BCUT2D eigenvalue weighted by Gasteiger charge is 2.17. The normalized spacial score (nSPS) is 10.0. The molecule has 0 bridgehead atoms. The van der Waals surface area contributed by atoms with E-state index in [0.29, 0.717) is 30.0 Å². The summed E-state index contributed by atoms with van der Waals surface area (Å²) in [7, 11) is 6.96. The third-order valence-corrected chi connectivity index (χ3v) is 2.99. The molecule has 1 aromatic carbocycles. The number of carbonyl (C=O) groups is 1. The number of rotatable bonds is 6. The Balaban J connectivity index is 0.00000324. The number of ether oxygens (including phenoxy) is 2. The SMILES string of the molecule is COc1cc(Br)cc(C(=O)CCN(C)C)c1OC.Cl. The molecule has 0 atom stereocenters. The van der Waals surface area contributed by atoms with Gasteiger partial charge < -0.3 is 14.4 Å². The van der Waals surface area contributed by atoms with Crippen LogP contribution in [-0.2, 0) is 0 Å². The molecule has 4 nitrogen and oxygen atoms in total. The van der Waals surface area contributed by atoms with Gasteiger partial charge in [-0.15, -0.1) is 12.4 Å². The van der Waals surface area contributed by atoms with Gasteiger partial charge in [-0.25, -0.2) is 0 Å². The number of ketones is 1. The van der Waals surface area contributed by atoms with Crippen molar-refractivity contribution >= 4 is 34.1 Å². The lowest BCUT2D eigenvalue weighted by Gasteiger charge is -2.14. The molecule has 0 heterocycles. The fraction of sp³-hybridized carbons (Fsp3) is 0.462. The van der Waals surface area contributed by atoms with Crippen LogP contribution < -0.4 is 9.47 Å². The zero-order chi connectivity index (χ0) is 13.7. The lowest BCUT2D eigenvalue weighted by atomic mass is 10.1. The summed E-state index contributed by atoms with van der Waals surface area (Å²) in [5.41, 5.74) is 0.547. The molecule has 0 aliphatic heterocycles. The summed E-state index contributed by atoms with van der Waals surface area (Å²) in [5.74, 6) is 1.09. The number of carbonyl (C=O) groups excluding carboxylic acids is 1. The van der Waals surface area contributed by atoms with E-state index in [1.54, 1.807) is 19.2 Å². The minimum atomic E-state index is 0. The number of Topliss-reactive ketones (excluding diaryl/α,β-unsaturated/α-hetero) is 1. The molecule has 0 aliphatic rings. The molecule has 0 saturated heterocycles. The summed E-state index contributed by atoms with van der Waals surface area (Å²) in [5, 5.41) is 0. The van der Waals surface area contributed by atoms with Crippen LogP contribution in [0, 0.1) is 0 Å². The highest BCUT2D eigenvalue weighted by Crippen LogP contribution is 2.35. The van der Waals surface area contributed by atoms with Gasteiger partial charge >= 0.3 is 0 Å². The van der Waals surface area contributed by atoms with Crippen LogP contribution in [-0.4, -0.2) is 45.5 Å². The van der Waals surface area contributed by atoms with Gasteiger partial charge in [0.25, 0.3) is 0 Å². The minimum Gasteiger partial charge on any atom is -0.493 e. The highest BCUT2D eigenvalue weighted by molar-refractivity contribution is 9.10. The van der Waals surface area contributed by atoms with E-state index in [2.05, 4.69) is 15.9 Å². The van der Waals surface area contributed by atoms with E-state index >= 15 is 0 Å². The van der Waals surface area contributed by atoms with Crippen molar-refractivity contribution in [3.8, 4) is 11.5 Å². The summed E-state index contributed by atoms with van der Waals surface area (Å²) < 4.78 is 11.3. The van der Waals surface area contributed by atoms with E-state index in [0.717, 1.165) is 4.47 Å². The molecular formula is C13H19BrClNO3. The third-order valence-electron chi connectivity index (χ3n) is 2.53. The van der Waals surface area contributed by atoms with Crippen LogP contribution >= 0.6 is 28.3 Å². The predicted octanol–water partition coefficient (Wildman–Crippen LogP) is 3.02. The Kier molecular flexibility index (Phi) is 8.06. The Morgan fingerprint density at radius 3 is 2.37 bits per heavy atom. The molecule has 0 spiro atoms. The van der Waals surface area contributed by atoms with Crippen LogP contribution in [0.4, 0.5) is 0 Å². The summed E-state index contributed by atoms with van der Waals surface area (Å²) >= 11 is 3.37. The molecule has 0 fully saturated rings. The first-order valence-electron chi connectivity index (χ1n) is 5.59. The van der Waals surface area contributed by atoms with Crippen LogP contribution in [0.15, 0.2) is 16.6 Å². The van der Waals surface area contributed by atoms with E-state index < -0.39 is 0 Å². The van der Waals surface area contributed by atoms with E-state index in [-0.39, 0.29) is 18.2 Å². The minimum absolute atomic E-state index is 0. The molecule has 0 saturated carbocycles. The standard InChI is InChI=1S/C13H18BrNO3.ClH/c1-15(2)6-5-11(16)10-7-9(14)8-12(17-3)13(10)18-4;/h7-8H,5-6H2,1-4H3;1H. The second kappa shape index (κ2) is 8.40. The summed E-state index contributed by atoms with van der Waals surface area (Å²) in [4.78, 5) is 14.1. The van der Waals surface area contributed by atoms with Crippen LogP contribution in [0.5, 0.6) is 11.5 Å². The number of hydrogen-bond donors (Lipinski definition) is 0. The molecule has 0 radical (unpaired) electrons. The molecule has 0 unspecified atom stereocenters. The Morgan fingerprint density at radius 1 is 1.26 bits per heavy atom. The maximum Gasteiger partial charge on any atom is 0.171 e. The fourth-order valence-corrected chi connectivity index (χ4v) is 2.03. The van der Waals surface area contributed by atoms with Crippen molar-refractivity contribution < 1.29 is 14.3 Å². The van der Waals surface area contributed by atoms with Gasteiger partial charge in [0.15, 0.2) is 17.3 Å². The predicted molar refractivity (Wildman–Crippen MR) is 82.0 cm³/mol. The van der Waals surface area contributed by atoms with Gasteiger partial charge in [-0.3, -0.25) is 4.79 Å². The van der Waals surface area contributed by atoms with Crippen LogP contribution in [0.2, 0.25) is 0 Å². The molecule has 108 valence electrons. The first-order chi connectivity index (χ1) is 8.49. The highest BCUT2D eigenvalue weighted by atomic mass is 79.9. The second-order valence-corrected chi connectivity index (χ2v) is 5.08. The first kappa shape index (κ1) is 18.2. The van der Waals surface area contributed by atoms with Crippen molar-refractivity contribution in [1.29, 1.82) is 0 Å². The zero-order valence-corrected chi connectivity index (χ0v) is 13.9. The summed E-state index contributed by atoms with van der Waals surface area (Å²) in [6.07, 6.45) is 0.447. The van der Waals surface area contributed by atoms with Crippen molar-refractivity contribution in [1.82, 2.24) is 4.90 Å². The van der Waals surface area contributed by atoms with Gasteiger partial charge in [0.2, 0.25) is 0 Å². The Morgan fingerprint density at radius 2 is 1.89 bits per heavy atom. The van der Waals surface area contributed by atoms with E-state index in [4.69, 9.17) is 9.47 Å². The van der Waals surface area contributed by atoms with Crippen molar-refractivity contribution in [3.05, 3.63) is 22.2 Å². The lowest BCUT2D eigenvalue weighted by molar-refractivity contribution is 0.0969. The topological polar surface area (TPSA) is 38.8 Å². The van der Waals surface area contributed by atoms with Crippen LogP contribution in [0.3, 0.4) is 0 Å². The molecule has 6 heteroatoms. The fourth-order valence-electron chi connectivity index (χ4n) is 1.60. The first-order valence-corrected chi connectivity index (χ1v) is 6.38. The second-order valence-electron chi connectivity index (χ2n) is 4.17. The molecule has 19 heavy (non-hydrogen) atoms. The van der Waals surface area contributed by atoms with Gasteiger partial charge in [-0.05, 0) is 26.2 Å². The molecule has 1 aromatic rings. The van der Waals surface area contributed by atoms with Crippen LogP contribution in [0.1, 0.15) is 16.8 Å². The monoisotopic (exact) mass is 351 g/mol. The van der Waals surface area contributed by atoms with Crippen molar-refractivity contribution in [3.63, 3.8) is 0 Å². The van der Waals surface area contributed by atoms with Gasteiger partial charge in [0.1, 0.15) is 0 Å². The van der Waals surface area contributed by atoms with Gasteiger partial charge in [-0.1, -0.05) is 15.9 Å². The van der Waals surface area contributed by atoms with Gasteiger partial charge in [0.05, 0.1) is 19.8 Å². The number of benzene rings is 1. The summed E-state index contributed by atoms with van der Waals surface area (Å²) in [6, 6.07) is 3.54. The quantitative estimate of drug-likeness (QED) is 0.738. The molecule has 0 amide bonds. The lowest BCUT2D eigenvalue weighted by Crippen LogP contribution is -2.17. The number of hydrogen-bond acceptors (Lipinski definition) is 4. The van der Waals surface area contributed by atoms with Crippen molar-refractivity contribution in [2.45, 2.75) is 6.42 Å². The number of methoxy groups -OCH3 is 2. The molecule has 0 aromatic heterocycles. The molecule has 1 rings (SSSR count). The van der Waals surface area contributed by atoms with E-state index in [1.807, 2.05) is 19.0 Å². The maximum absolute atomic E-state index is 12.2. The van der Waals surface area contributed by atoms with E-state index in [9.17, 15) is 4.79 Å². The molecular weight excluding hydrogens is 334 g/mol. The third kappa shape index (κ3) is 5.01. The Hall–Kier alpha value is -0.780. The largest absolute Gasteiger partial charge is 0.493 e. The Bertz CT molecular complexity index is 438. The Labute approximate surface area is 128 Å². The number of halogens is 2.